The van der Waals surface area contributed by atoms with Crippen molar-refractivity contribution in [3.63, 3.8) is 0 Å². The molecule has 0 fully saturated rings. The van der Waals surface area contributed by atoms with Crippen LogP contribution in [0.5, 0.6) is 0 Å². The van der Waals surface area contributed by atoms with E-state index in [1.807, 2.05) is 20.8 Å². The summed E-state index contributed by atoms with van der Waals surface area (Å²) in [4.78, 5) is 17.8. The number of guanidine groups is 1. The molecule has 3 N–H and O–H groups in total. The van der Waals surface area contributed by atoms with Gasteiger partial charge in [0.2, 0.25) is 0 Å². The van der Waals surface area contributed by atoms with E-state index in [0.717, 1.165) is 25.6 Å². The van der Waals surface area contributed by atoms with E-state index in [0.29, 0.717) is 13.1 Å². The summed E-state index contributed by atoms with van der Waals surface area (Å²) >= 11 is 0. The van der Waals surface area contributed by atoms with Crippen molar-refractivity contribution in [2.24, 2.45) is 4.99 Å². The molecule has 0 aromatic heterocycles. The van der Waals surface area contributed by atoms with Gasteiger partial charge in [-0.05, 0) is 34.4 Å². The number of alkyl carbamates (subject to hydrolysis) is 1. The number of aliphatic imine (C=N–C) groups is 1. The van der Waals surface area contributed by atoms with Crippen LogP contribution < -0.4 is 16.0 Å². The van der Waals surface area contributed by atoms with E-state index in [1.165, 1.54) is 0 Å². The second-order valence-electron chi connectivity index (χ2n) is 5.75. The molecule has 0 bridgehead atoms. The minimum Gasteiger partial charge on any atom is -0.444 e. The first kappa shape index (κ1) is 23.5. The molecule has 0 saturated heterocycles. The minimum atomic E-state index is -0.472. The standard InChI is InChI=1S/C14H31N5O2.HI/c1-7-19(6)11-10-17-12(15-5)16-8-9-18-13(20)21-14(2,3)4;/h7-11H2,1-6H3,(H,18,20)(H2,15,16,17);1H. The van der Waals surface area contributed by atoms with Crippen molar-refractivity contribution in [3.8, 4) is 0 Å². The second kappa shape index (κ2) is 12.7. The van der Waals surface area contributed by atoms with Crippen LogP contribution in [0.4, 0.5) is 4.79 Å². The number of carbonyl (C=O) groups excluding carboxylic acids is 1. The summed E-state index contributed by atoms with van der Waals surface area (Å²) in [6.45, 7) is 11.5. The number of nitrogens with zero attached hydrogens (tertiary/aromatic N) is 2. The van der Waals surface area contributed by atoms with Crippen LogP contribution in [0.25, 0.3) is 0 Å². The molecular formula is C14H32IN5O2. The molecule has 0 radical (unpaired) electrons. The maximum Gasteiger partial charge on any atom is 0.407 e. The van der Waals surface area contributed by atoms with Gasteiger partial charge in [-0.3, -0.25) is 4.99 Å². The van der Waals surface area contributed by atoms with Gasteiger partial charge < -0.3 is 25.6 Å². The summed E-state index contributed by atoms with van der Waals surface area (Å²) in [5.74, 6) is 0.727. The molecule has 0 aliphatic heterocycles. The van der Waals surface area contributed by atoms with Crippen molar-refractivity contribution in [2.75, 3.05) is 46.8 Å². The molecule has 0 spiro atoms. The van der Waals surface area contributed by atoms with Gasteiger partial charge in [0.05, 0.1) is 0 Å². The molecule has 0 unspecified atom stereocenters. The van der Waals surface area contributed by atoms with Crippen LogP contribution in [0.15, 0.2) is 4.99 Å². The molecule has 0 atom stereocenters. The van der Waals surface area contributed by atoms with Gasteiger partial charge in [-0.15, -0.1) is 24.0 Å². The average Bonchev–Trinajstić information content (AvgIpc) is 2.39. The summed E-state index contributed by atoms with van der Waals surface area (Å²) < 4.78 is 5.15. The Morgan fingerprint density at radius 3 is 2.18 bits per heavy atom. The van der Waals surface area contributed by atoms with Crippen molar-refractivity contribution < 1.29 is 9.53 Å². The highest BCUT2D eigenvalue weighted by Crippen LogP contribution is 2.05. The predicted molar refractivity (Wildman–Crippen MR) is 102 cm³/mol. The van der Waals surface area contributed by atoms with Crippen LogP contribution >= 0.6 is 24.0 Å². The molecular weight excluding hydrogens is 397 g/mol. The van der Waals surface area contributed by atoms with Gasteiger partial charge in [0.25, 0.3) is 0 Å². The van der Waals surface area contributed by atoms with E-state index >= 15 is 0 Å². The van der Waals surface area contributed by atoms with Crippen LogP contribution in [0, 0.1) is 0 Å². The van der Waals surface area contributed by atoms with Gasteiger partial charge in [0.1, 0.15) is 5.60 Å². The Kier molecular flexibility index (Phi) is 13.6. The zero-order valence-electron chi connectivity index (χ0n) is 14.7. The first-order valence-corrected chi connectivity index (χ1v) is 7.38. The maximum atomic E-state index is 11.4. The Labute approximate surface area is 151 Å². The van der Waals surface area contributed by atoms with Crippen molar-refractivity contribution in [2.45, 2.75) is 33.3 Å². The Bertz CT molecular complexity index is 332. The second-order valence-corrected chi connectivity index (χ2v) is 5.75. The number of nitrogens with one attached hydrogen (secondary N) is 3. The molecule has 22 heavy (non-hydrogen) atoms. The summed E-state index contributed by atoms with van der Waals surface area (Å²) in [7, 11) is 3.79. The lowest BCUT2D eigenvalue weighted by molar-refractivity contribution is 0.0529. The highest BCUT2D eigenvalue weighted by Gasteiger charge is 2.15. The number of hydrogen-bond donors (Lipinski definition) is 3. The lowest BCUT2D eigenvalue weighted by Crippen LogP contribution is -2.44. The SMILES string of the molecule is CCN(C)CCNC(=NC)NCCNC(=O)OC(C)(C)C.I. The van der Waals surface area contributed by atoms with Crippen molar-refractivity contribution in [1.29, 1.82) is 0 Å². The number of hydrogen-bond acceptors (Lipinski definition) is 4. The number of amides is 1. The number of rotatable bonds is 7. The first-order chi connectivity index (χ1) is 9.78. The van der Waals surface area contributed by atoms with E-state index in [-0.39, 0.29) is 24.0 Å². The van der Waals surface area contributed by atoms with Crippen LogP contribution in [0.2, 0.25) is 0 Å². The van der Waals surface area contributed by atoms with Gasteiger partial charge in [-0.2, -0.15) is 0 Å². The third kappa shape index (κ3) is 14.2. The topological polar surface area (TPSA) is 78.0 Å². The number of ether oxygens (including phenoxy) is 1. The molecule has 1 amide bonds. The summed E-state index contributed by atoms with van der Waals surface area (Å²) in [5, 5.41) is 9.03. The highest BCUT2D eigenvalue weighted by atomic mass is 127. The Morgan fingerprint density at radius 2 is 1.68 bits per heavy atom. The largest absolute Gasteiger partial charge is 0.444 e. The molecule has 0 heterocycles. The van der Waals surface area contributed by atoms with Gasteiger partial charge in [0, 0.05) is 33.2 Å². The quantitative estimate of drug-likeness (QED) is 0.246. The zero-order chi connectivity index (χ0) is 16.3. The number of likely N-dealkylation sites (N-methyl/N-ethyl adjacent to an activating group) is 1. The fraction of sp³-hybridized carbons (Fsp3) is 0.857. The third-order valence-corrected chi connectivity index (χ3v) is 2.64. The smallest absolute Gasteiger partial charge is 0.407 e. The molecule has 8 heteroatoms. The van der Waals surface area contributed by atoms with Crippen molar-refractivity contribution in [3.05, 3.63) is 0 Å². The summed E-state index contributed by atoms with van der Waals surface area (Å²) in [6, 6.07) is 0. The van der Waals surface area contributed by atoms with E-state index in [4.69, 9.17) is 4.74 Å². The monoisotopic (exact) mass is 429 g/mol. The number of carbonyl (C=O) groups is 1. The van der Waals surface area contributed by atoms with Gasteiger partial charge in [0.15, 0.2) is 5.96 Å². The molecule has 7 nitrogen and oxygen atoms in total. The van der Waals surface area contributed by atoms with Crippen molar-refractivity contribution in [1.82, 2.24) is 20.9 Å². The zero-order valence-corrected chi connectivity index (χ0v) is 17.0. The minimum absolute atomic E-state index is 0. The Balaban J connectivity index is 0. The van der Waals surface area contributed by atoms with E-state index < -0.39 is 11.7 Å². The lowest BCUT2D eigenvalue weighted by atomic mass is 10.2. The molecule has 0 aromatic rings. The molecule has 0 aliphatic carbocycles. The Hall–Kier alpha value is -0.770. The molecule has 0 aliphatic rings. The van der Waals surface area contributed by atoms with E-state index in [2.05, 4.69) is 39.8 Å². The maximum absolute atomic E-state index is 11.4. The van der Waals surface area contributed by atoms with Crippen LogP contribution in [-0.2, 0) is 4.74 Å². The van der Waals surface area contributed by atoms with Gasteiger partial charge in [-0.1, -0.05) is 6.92 Å². The van der Waals surface area contributed by atoms with Crippen LogP contribution in [0.1, 0.15) is 27.7 Å². The fourth-order valence-corrected chi connectivity index (χ4v) is 1.40. The fourth-order valence-electron chi connectivity index (χ4n) is 1.40. The predicted octanol–water partition coefficient (Wildman–Crippen LogP) is 1.25. The van der Waals surface area contributed by atoms with Crippen LogP contribution in [0.3, 0.4) is 0 Å². The molecule has 0 aromatic carbocycles. The third-order valence-electron chi connectivity index (χ3n) is 2.64. The first-order valence-electron chi connectivity index (χ1n) is 7.38. The number of halogens is 1. The molecule has 132 valence electrons. The summed E-state index contributed by atoms with van der Waals surface area (Å²) in [5.41, 5.74) is -0.472. The average molecular weight is 429 g/mol. The van der Waals surface area contributed by atoms with E-state index in [1.54, 1.807) is 7.05 Å². The van der Waals surface area contributed by atoms with Crippen molar-refractivity contribution >= 4 is 36.0 Å². The van der Waals surface area contributed by atoms with E-state index in [9.17, 15) is 4.79 Å². The summed E-state index contributed by atoms with van der Waals surface area (Å²) in [6.07, 6.45) is -0.406. The van der Waals surface area contributed by atoms with Gasteiger partial charge in [-0.25, -0.2) is 4.79 Å². The molecule has 0 saturated carbocycles. The molecule has 0 rings (SSSR count). The highest BCUT2D eigenvalue weighted by molar-refractivity contribution is 14.0. The van der Waals surface area contributed by atoms with Crippen LogP contribution in [-0.4, -0.2) is 69.4 Å². The Morgan fingerprint density at radius 1 is 1.14 bits per heavy atom. The lowest BCUT2D eigenvalue weighted by Gasteiger charge is -2.20. The normalized spacial score (nSPS) is 11.7. The van der Waals surface area contributed by atoms with Gasteiger partial charge >= 0.3 is 6.09 Å².